The molecule has 0 saturated carbocycles. The normalized spacial score (nSPS) is 22.5. The Bertz CT molecular complexity index is 1400. The van der Waals surface area contributed by atoms with Gasteiger partial charge in [-0.2, -0.15) is 4.98 Å². The molecular formula is C16H25N6Na4O14P3S. The third kappa shape index (κ3) is 14.5. The number of phosphoric acid groups is 3. The third-order valence-corrected chi connectivity index (χ3v) is 9.96. The minimum atomic E-state index is -6.20. The van der Waals surface area contributed by atoms with Gasteiger partial charge in [-0.15, -0.1) is 0 Å². The smallest absolute Gasteiger partial charge is 0.790 e. The summed E-state index contributed by atoms with van der Waals surface area (Å²) < 4.78 is 51.3. The van der Waals surface area contributed by atoms with Gasteiger partial charge in [0.15, 0.2) is 22.5 Å². The number of nitrogens with one attached hydrogen (secondary N) is 1. The van der Waals surface area contributed by atoms with E-state index in [2.05, 4.69) is 28.1 Å². The number of nitrogen functional groups attached to an aromatic ring is 1. The molecule has 6 atom stereocenters. The third-order valence-electron chi connectivity index (χ3n) is 5.25. The number of aliphatic hydroxyl groups excluding tert-OH is 2. The number of nitrogens with zero attached hydrogens (tertiary/aromatic N) is 3. The number of thioether (sulfide) groups is 1. The van der Waals surface area contributed by atoms with Crippen LogP contribution in [-0.4, -0.2) is 66.9 Å². The van der Waals surface area contributed by atoms with E-state index in [0.29, 0.717) is 12.3 Å². The number of phosphoric ester groups is 1. The Morgan fingerprint density at radius 1 is 0.955 bits per heavy atom. The largest absolute Gasteiger partial charge is 1.00 e. The van der Waals surface area contributed by atoms with Crippen LogP contribution in [0.4, 0.5) is 5.95 Å². The van der Waals surface area contributed by atoms with Crippen LogP contribution in [-0.2, 0) is 31.6 Å². The molecule has 3 rings (SSSR count). The zero-order valence-corrected chi connectivity index (χ0v) is 35.8. The molecule has 7 N–H and O–H groups in total. The maximum Gasteiger partial charge on any atom is 1.00 e. The first-order valence-corrected chi connectivity index (χ1v) is 16.7. The number of rotatable bonds is 15. The first-order valence-electron chi connectivity index (χ1n) is 11.4. The minimum Gasteiger partial charge on any atom is -0.790 e. The van der Waals surface area contributed by atoms with Gasteiger partial charge in [0.05, 0.1) is 14.4 Å². The van der Waals surface area contributed by atoms with Gasteiger partial charge >= 0.3 is 118 Å². The first-order chi connectivity index (χ1) is 18.5. The molecule has 1 aliphatic heterocycles. The Morgan fingerprint density at radius 3 is 2.16 bits per heavy atom. The number of aromatic amines is 1. The number of hydrogen-bond acceptors (Lipinski definition) is 19. The Labute approximate surface area is 343 Å². The fourth-order valence-corrected chi connectivity index (χ4v) is 7.49. The Kier molecular flexibility index (Phi) is 23.5. The molecule has 0 bridgehead atoms. The zero-order valence-electron chi connectivity index (χ0n) is 24.3. The SMILES string of the molecule is NCCCCCCSc1nc2c(=O)[nH]c(N)nc2n1[C@@H]1O[C@H](COP(=O)([O-])OP(=O)([O-])OP(=O)([O-])[O-])[C@@H](O)[C@H]1O.[Na+].[Na+].[Na+].[Na+]. The number of fused-ring (bicyclic) bond motifs is 1. The van der Waals surface area contributed by atoms with Crippen LogP contribution in [0.5, 0.6) is 0 Å². The summed E-state index contributed by atoms with van der Waals surface area (Å²) in [6, 6.07) is 0. The predicted molar refractivity (Wildman–Crippen MR) is 128 cm³/mol. The molecule has 0 aliphatic carbocycles. The van der Waals surface area contributed by atoms with E-state index in [0.717, 1.165) is 25.7 Å². The van der Waals surface area contributed by atoms with Crippen molar-refractivity contribution in [3.05, 3.63) is 10.4 Å². The molecule has 0 aromatic carbocycles. The molecule has 2 aromatic heterocycles. The summed E-state index contributed by atoms with van der Waals surface area (Å²) in [5, 5.41) is 21.3. The van der Waals surface area contributed by atoms with Crippen LogP contribution in [0, 0.1) is 0 Å². The molecule has 2 aromatic rings. The maximum absolute atomic E-state index is 12.4. The summed E-state index contributed by atoms with van der Waals surface area (Å²) in [4.78, 5) is 67.1. The van der Waals surface area contributed by atoms with E-state index in [1.807, 2.05) is 0 Å². The van der Waals surface area contributed by atoms with Gasteiger partial charge in [-0.3, -0.25) is 27.8 Å². The molecule has 1 fully saturated rings. The van der Waals surface area contributed by atoms with Crippen molar-refractivity contribution in [3.63, 3.8) is 0 Å². The van der Waals surface area contributed by atoms with E-state index in [4.69, 9.17) is 16.2 Å². The van der Waals surface area contributed by atoms with Gasteiger partial charge in [-0.05, 0) is 19.4 Å². The van der Waals surface area contributed by atoms with Crippen molar-refractivity contribution in [1.82, 2.24) is 19.5 Å². The minimum absolute atomic E-state index is 0. The van der Waals surface area contributed by atoms with E-state index in [9.17, 15) is 48.3 Å². The van der Waals surface area contributed by atoms with Crippen LogP contribution in [0.15, 0.2) is 9.95 Å². The van der Waals surface area contributed by atoms with E-state index in [-0.39, 0.29) is 140 Å². The van der Waals surface area contributed by atoms with Crippen molar-refractivity contribution in [2.24, 2.45) is 5.73 Å². The van der Waals surface area contributed by atoms with E-state index >= 15 is 0 Å². The Morgan fingerprint density at radius 2 is 1.57 bits per heavy atom. The van der Waals surface area contributed by atoms with Crippen LogP contribution >= 0.6 is 35.2 Å². The van der Waals surface area contributed by atoms with E-state index in [1.165, 1.54) is 16.3 Å². The molecular weight excluding hydrogens is 717 g/mol. The summed E-state index contributed by atoms with van der Waals surface area (Å²) in [5.74, 6) is 0.228. The molecule has 28 heteroatoms. The zero-order chi connectivity index (χ0) is 29.9. The van der Waals surface area contributed by atoms with Gasteiger partial charge in [0.2, 0.25) is 5.95 Å². The number of aliphatic hydroxyl groups is 2. The Balaban J connectivity index is 0. The van der Waals surface area contributed by atoms with Crippen molar-refractivity contribution in [2.45, 2.75) is 55.4 Å². The molecule has 0 radical (unpaired) electrons. The molecule has 20 nitrogen and oxygen atoms in total. The van der Waals surface area contributed by atoms with Crippen molar-refractivity contribution < 1.29 is 180 Å². The number of H-pyrrole nitrogens is 1. The Hall–Kier alpha value is 2.75. The van der Waals surface area contributed by atoms with Crippen LogP contribution in [0.25, 0.3) is 11.2 Å². The average molecular weight is 742 g/mol. The number of imidazole rings is 1. The fourth-order valence-electron chi connectivity index (χ4n) is 3.60. The maximum atomic E-state index is 12.4. The standard InChI is InChI=1S/C16H29N6O14P3S.4Na/c17-5-3-1-2-4-6-40-16-19-9-12(20-15(18)21-13(9)25)22(16)14-11(24)10(23)8(34-14)7-33-38(29,30)36-39(31,32)35-37(26,27)28;;;;/h8,10-11,14,23-24H,1-7,17H2,(H,29,30)(H,31,32)(H2,26,27,28)(H3,18,20,21,25);;;;/q;4*+1/p-4/t8-,10-,11-,14-;;;;/m1..../s1. The molecule has 0 spiro atoms. The second-order valence-electron chi connectivity index (χ2n) is 8.29. The molecule has 2 unspecified atom stereocenters. The monoisotopic (exact) mass is 742 g/mol. The van der Waals surface area contributed by atoms with Crippen LogP contribution in [0.2, 0.25) is 0 Å². The predicted octanol–water partition coefficient (Wildman–Crippen LogP) is -15.2. The number of nitrogens with two attached hydrogens (primary N) is 2. The second-order valence-corrected chi connectivity index (χ2v) is 13.6. The van der Waals surface area contributed by atoms with Crippen LogP contribution < -0.4 is 155 Å². The van der Waals surface area contributed by atoms with Gasteiger partial charge < -0.3 is 55.1 Å². The molecule has 1 saturated heterocycles. The van der Waals surface area contributed by atoms with Crippen LogP contribution in [0.1, 0.15) is 31.9 Å². The van der Waals surface area contributed by atoms with Crippen molar-refractivity contribution in [2.75, 3.05) is 24.6 Å². The van der Waals surface area contributed by atoms with E-state index < -0.39 is 60.2 Å². The first kappa shape index (κ1) is 48.9. The quantitative estimate of drug-likeness (QED) is 0.0489. The summed E-state index contributed by atoms with van der Waals surface area (Å²) in [7, 11) is -18.3. The average Bonchev–Trinajstić information content (AvgIpc) is 3.29. The number of hydrogen-bond donors (Lipinski definition) is 5. The van der Waals surface area contributed by atoms with Gasteiger partial charge in [-0.25, -0.2) is 9.29 Å². The van der Waals surface area contributed by atoms with Crippen molar-refractivity contribution in [3.8, 4) is 0 Å². The molecule has 0 amide bonds. The summed E-state index contributed by atoms with van der Waals surface area (Å²) in [6.07, 6.45) is -3.41. The fraction of sp³-hybridized carbons (Fsp3) is 0.688. The van der Waals surface area contributed by atoms with Crippen molar-refractivity contribution >= 4 is 52.3 Å². The number of aromatic nitrogens is 4. The van der Waals surface area contributed by atoms with Crippen molar-refractivity contribution in [1.29, 1.82) is 0 Å². The summed E-state index contributed by atoms with van der Waals surface area (Å²) in [5.41, 5.74) is 10.1. The number of unbranched alkanes of at least 4 members (excludes halogenated alkanes) is 3. The van der Waals surface area contributed by atoms with Gasteiger partial charge in [-0.1, -0.05) is 24.6 Å². The van der Waals surface area contributed by atoms with Gasteiger partial charge in [0, 0.05) is 5.75 Å². The number of anilines is 1. The van der Waals surface area contributed by atoms with Gasteiger partial charge in [0.25, 0.3) is 21.2 Å². The second kappa shape index (κ2) is 21.2. The molecule has 44 heavy (non-hydrogen) atoms. The van der Waals surface area contributed by atoms with Crippen LogP contribution in [0.3, 0.4) is 0 Å². The topological polar surface area (TPSA) is 336 Å². The summed E-state index contributed by atoms with van der Waals surface area (Å²) >= 11 is 1.18. The summed E-state index contributed by atoms with van der Waals surface area (Å²) in [6.45, 7) is -0.586. The molecule has 228 valence electrons. The number of ether oxygens (including phenoxy) is 1. The molecule has 1 aliphatic rings. The van der Waals surface area contributed by atoms with Gasteiger partial charge in [0.1, 0.15) is 18.3 Å². The van der Waals surface area contributed by atoms with E-state index in [1.54, 1.807) is 0 Å². The molecule has 3 heterocycles.